The van der Waals surface area contributed by atoms with E-state index < -0.39 is 5.82 Å². The van der Waals surface area contributed by atoms with Crippen LogP contribution in [-0.2, 0) is 0 Å². The molecule has 0 spiro atoms. The molecule has 5 heteroatoms. The molecule has 0 unspecified atom stereocenters. The van der Waals surface area contributed by atoms with Gasteiger partial charge in [-0.15, -0.1) is 0 Å². The minimum absolute atomic E-state index is 0.202. The van der Waals surface area contributed by atoms with Crippen LogP contribution in [0.5, 0.6) is 11.5 Å². The summed E-state index contributed by atoms with van der Waals surface area (Å²) in [4.78, 5) is 0. The average molecular weight is 290 g/mol. The van der Waals surface area contributed by atoms with Gasteiger partial charge in [0.05, 0.1) is 25.1 Å². The lowest BCUT2D eigenvalue weighted by atomic mass is 10.2. The molecular weight excluding hydrogens is 271 g/mol. The number of halogens is 1. The lowest BCUT2D eigenvalue weighted by molar-refractivity contribution is 0.319. The number of anilines is 3. The number of hydrogen-bond acceptors (Lipinski definition) is 4. The highest BCUT2D eigenvalue weighted by molar-refractivity contribution is 5.77. The first-order chi connectivity index (χ1) is 10.2. The van der Waals surface area contributed by atoms with Crippen molar-refractivity contribution in [2.24, 2.45) is 0 Å². The third-order valence-electron chi connectivity index (χ3n) is 2.96. The van der Waals surface area contributed by atoms with Crippen LogP contribution < -0.4 is 20.5 Å². The Morgan fingerprint density at radius 1 is 1.19 bits per heavy atom. The van der Waals surface area contributed by atoms with Crippen LogP contribution in [0.2, 0.25) is 0 Å². The van der Waals surface area contributed by atoms with Crippen LogP contribution in [0.3, 0.4) is 0 Å². The Balaban J connectivity index is 2.21. The van der Waals surface area contributed by atoms with E-state index in [-0.39, 0.29) is 5.75 Å². The fourth-order valence-corrected chi connectivity index (χ4v) is 1.89. The van der Waals surface area contributed by atoms with Gasteiger partial charge < -0.3 is 20.5 Å². The molecule has 2 aromatic carbocycles. The molecule has 0 radical (unpaired) electrons. The lowest BCUT2D eigenvalue weighted by Gasteiger charge is -2.14. The van der Waals surface area contributed by atoms with Gasteiger partial charge >= 0.3 is 0 Å². The van der Waals surface area contributed by atoms with E-state index in [1.54, 1.807) is 12.1 Å². The molecule has 0 fully saturated rings. The van der Waals surface area contributed by atoms with Gasteiger partial charge in [-0.25, -0.2) is 4.39 Å². The van der Waals surface area contributed by atoms with Crippen molar-refractivity contribution in [1.29, 1.82) is 0 Å². The molecule has 0 aliphatic heterocycles. The molecule has 0 aliphatic carbocycles. The number of para-hydroxylation sites is 1. The molecule has 0 saturated heterocycles. The zero-order valence-electron chi connectivity index (χ0n) is 12.2. The quantitative estimate of drug-likeness (QED) is 0.791. The Morgan fingerprint density at radius 2 is 2.00 bits per heavy atom. The smallest absolute Gasteiger partial charge is 0.167 e. The molecule has 4 nitrogen and oxygen atoms in total. The monoisotopic (exact) mass is 290 g/mol. The fraction of sp³-hybridized carbons (Fsp3) is 0.250. The molecule has 2 rings (SSSR count). The normalized spacial score (nSPS) is 10.2. The Morgan fingerprint density at radius 3 is 2.67 bits per heavy atom. The Bertz CT molecular complexity index is 617. The minimum atomic E-state index is -0.431. The van der Waals surface area contributed by atoms with Gasteiger partial charge in [0, 0.05) is 11.8 Å². The maximum atomic E-state index is 13.7. The maximum Gasteiger partial charge on any atom is 0.167 e. The van der Waals surface area contributed by atoms with Crippen molar-refractivity contribution in [3.8, 4) is 11.5 Å². The molecule has 0 bridgehead atoms. The van der Waals surface area contributed by atoms with E-state index >= 15 is 0 Å². The number of nitrogen functional groups attached to an aromatic ring is 1. The first kappa shape index (κ1) is 15.0. The summed E-state index contributed by atoms with van der Waals surface area (Å²) in [5, 5.41) is 3.08. The maximum absolute atomic E-state index is 13.7. The van der Waals surface area contributed by atoms with Crippen molar-refractivity contribution in [3.05, 3.63) is 42.2 Å². The van der Waals surface area contributed by atoms with Crippen LogP contribution >= 0.6 is 0 Å². The molecule has 0 amide bonds. The van der Waals surface area contributed by atoms with Crippen LogP contribution in [0.4, 0.5) is 21.5 Å². The molecule has 0 aromatic heterocycles. The lowest BCUT2D eigenvalue weighted by Crippen LogP contribution is -2.02. The van der Waals surface area contributed by atoms with Crippen molar-refractivity contribution >= 4 is 17.1 Å². The van der Waals surface area contributed by atoms with E-state index in [9.17, 15) is 4.39 Å². The molecular formula is C16H19FN2O2. The second kappa shape index (κ2) is 6.83. The van der Waals surface area contributed by atoms with Gasteiger partial charge in [-0.1, -0.05) is 13.0 Å². The van der Waals surface area contributed by atoms with Crippen LogP contribution in [0.15, 0.2) is 36.4 Å². The molecule has 21 heavy (non-hydrogen) atoms. The third-order valence-corrected chi connectivity index (χ3v) is 2.96. The van der Waals surface area contributed by atoms with Crippen molar-refractivity contribution in [2.75, 3.05) is 24.8 Å². The van der Waals surface area contributed by atoms with E-state index in [0.29, 0.717) is 29.4 Å². The SMILES string of the molecule is CCCOc1cccc(Nc2ccc(OC)c(F)c2)c1N. The number of methoxy groups -OCH3 is 1. The highest BCUT2D eigenvalue weighted by Crippen LogP contribution is 2.32. The summed E-state index contributed by atoms with van der Waals surface area (Å²) in [7, 11) is 1.43. The highest BCUT2D eigenvalue weighted by atomic mass is 19.1. The van der Waals surface area contributed by atoms with Crippen molar-refractivity contribution in [3.63, 3.8) is 0 Å². The topological polar surface area (TPSA) is 56.5 Å². The van der Waals surface area contributed by atoms with Crippen molar-refractivity contribution in [2.45, 2.75) is 13.3 Å². The summed E-state index contributed by atoms with van der Waals surface area (Å²) in [6.07, 6.45) is 0.904. The van der Waals surface area contributed by atoms with Gasteiger partial charge in [0.15, 0.2) is 11.6 Å². The summed E-state index contributed by atoms with van der Waals surface area (Å²) in [6, 6.07) is 10.1. The first-order valence-electron chi connectivity index (χ1n) is 6.77. The Kier molecular flexibility index (Phi) is 4.87. The van der Waals surface area contributed by atoms with Gasteiger partial charge in [0.25, 0.3) is 0 Å². The van der Waals surface area contributed by atoms with Crippen LogP contribution in [0.25, 0.3) is 0 Å². The predicted octanol–water partition coefficient (Wildman–Crippen LogP) is 3.95. The molecule has 0 heterocycles. The summed E-state index contributed by atoms with van der Waals surface area (Å²) >= 11 is 0. The molecule has 0 atom stereocenters. The summed E-state index contributed by atoms with van der Waals surface area (Å²) in [6.45, 7) is 2.63. The molecule has 0 saturated carbocycles. The van der Waals surface area contributed by atoms with E-state index in [1.807, 2.05) is 25.1 Å². The van der Waals surface area contributed by atoms with Crippen molar-refractivity contribution < 1.29 is 13.9 Å². The third kappa shape index (κ3) is 3.56. The molecule has 3 N–H and O–H groups in total. The number of rotatable bonds is 6. The van der Waals surface area contributed by atoms with E-state index in [4.69, 9.17) is 15.2 Å². The minimum Gasteiger partial charge on any atom is -0.494 e. The zero-order valence-corrected chi connectivity index (χ0v) is 12.2. The standard InChI is InChI=1S/C16H19FN2O2/c1-3-9-21-15-6-4-5-13(16(15)18)19-11-7-8-14(20-2)12(17)10-11/h4-8,10,19H,3,9,18H2,1-2H3. The van der Waals surface area contributed by atoms with E-state index in [0.717, 1.165) is 6.42 Å². The van der Waals surface area contributed by atoms with E-state index in [2.05, 4.69) is 5.32 Å². The van der Waals surface area contributed by atoms with Gasteiger partial charge in [-0.3, -0.25) is 0 Å². The molecule has 2 aromatic rings. The first-order valence-corrected chi connectivity index (χ1v) is 6.77. The predicted molar refractivity (Wildman–Crippen MR) is 82.9 cm³/mol. The highest BCUT2D eigenvalue weighted by Gasteiger charge is 2.08. The number of nitrogens with one attached hydrogen (secondary N) is 1. The van der Waals surface area contributed by atoms with Crippen LogP contribution in [0, 0.1) is 5.82 Å². The Labute approximate surface area is 123 Å². The second-order valence-corrected chi connectivity index (χ2v) is 4.54. The fourth-order valence-electron chi connectivity index (χ4n) is 1.89. The largest absolute Gasteiger partial charge is 0.494 e. The number of hydrogen-bond donors (Lipinski definition) is 2. The zero-order chi connectivity index (χ0) is 15.2. The Hall–Kier alpha value is -2.43. The van der Waals surface area contributed by atoms with Gasteiger partial charge in [0.1, 0.15) is 5.75 Å². The number of nitrogens with two attached hydrogens (primary N) is 1. The van der Waals surface area contributed by atoms with Crippen molar-refractivity contribution in [1.82, 2.24) is 0 Å². The molecule has 0 aliphatic rings. The second-order valence-electron chi connectivity index (χ2n) is 4.54. The number of benzene rings is 2. The van der Waals surface area contributed by atoms with Gasteiger partial charge in [0.2, 0.25) is 0 Å². The summed E-state index contributed by atoms with van der Waals surface area (Å²) in [5.41, 5.74) is 7.83. The molecule has 112 valence electrons. The van der Waals surface area contributed by atoms with Gasteiger partial charge in [-0.2, -0.15) is 0 Å². The van der Waals surface area contributed by atoms with E-state index in [1.165, 1.54) is 13.2 Å². The summed E-state index contributed by atoms with van der Waals surface area (Å²) < 4.78 is 24.1. The van der Waals surface area contributed by atoms with Crippen LogP contribution in [-0.4, -0.2) is 13.7 Å². The van der Waals surface area contributed by atoms with Crippen LogP contribution in [0.1, 0.15) is 13.3 Å². The van der Waals surface area contributed by atoms with Gasteiger partial charge in [-0.05, 0) is 30.7 Å². The number of ether oxygens (including phenoxy) is 2. The average Bonchev–Trinajstić information content (AvgIpc) is 2.48. The summed E-state index contributed by atoms with van der Waals surface area (Å²) in [5.74, 6) is 0.392.